The van der Waals surface area contributed by atoms with E-state index in [9.17, 15) is 9.59 Å². The number of para-hydroxylation sites is 2. The Morgan fingerprint density at radius 3 is 2.54 bits per heavy atom. The van der Waals surface area contributed by atoms with Gasteiger partial charge in [-0.25, -0.2) is 9.78 Å². The number of fused-ring (bicyclic) bond motifs is 1. The summed E-state index contributed by atoms with van der Waals surface area (Å²) in [4.78, 5) is 28.7. The van der Waals surface area contributed by atoms with E-state index in [0.29, 0.717) is 22.4 Å². The molecule has 3 rings (SSSR count). The number of carboxylic acid groups (broad SMARTS) is 1. The summed E-state index contributed by atoms with van der Waals surface area (Å²) in [5.41, 5.74) is 1.88. The molecule has 1 unspecified atom stereocenters. The molecule has 0 aliphatic heterocycles. The van der Waals surface area contributed by atoms with Gasteiger partial charge in [0.1, 0.15) is 5.82 Å². The van der Waals surface area contributed by atoms with Gasteiger partial charge in [-0.3, -0.25) is 9.36 Å². The second-order valence-corrected chi connectivity index (χ2v) is 5.59. The van der Waals surface area contributed by atoms with Gasteiger partial charge in [0.15, 0.2) is 0 Å². The molecule has 1 aromatic heterocycles. The predicted octanol–water partition coefficient (Wildman–Crippen LogP) is 3.02. The van der Waals surface area contributed by atoms with Crippen molar-refractivity contribution < 1.29 is 9.90 Å². The van der Waals surface area contributed by atoms with Gasteiger partial charge in [0.05, 0.1) is 22.6 Å². The first kappa shape index (κ1) is 15.7. The maximum absolute atomic E-state index is 13.0. The summed E-state index contributed by atoms with van der Waals surface area (Å²) in [6.07, 6.45) is -1.17. The van der Waals surface area contributed by atoms with E-state index in [0.717, 1.165) is 5.56 Å². The van der Waals surface area contributed by atoms with Crippen LogP contribution in [0.1, 0.15) is 24.4 Å². The largest absolute Gasteiger partial charge is 0.465 e. The van der Waals surface area contributed by atoms with Crippen molar-refractivity contribution in [2.45, 2.75) is 19.9 Å². The van der Waals surface area contributed by atoms with Crippen LogP contribution in [-0.2, 0) is 0 Å². The van der Waals surface area contributed by atoms with Gasteiger partial charge in [0.2, 0.25) is 0 Å². The normalized spacial score (nSPS) is 12.1. The lowest BCUT2D eigenvalue weighted by Crippen LogP contribution is -2.32. The van der Waals surface area contributed by atoms with Crippen molar-refractivity contribution in [1.29, 1.82) is 0 Å². The fourth-order valence-electron chi connectivity index (χ4n) is 2.74. The van der Waals surface area contributed by atoms with Crippen LogP contribution in [0.15, 0.2) is 53.3 Å². The Morgan fingerprint density at radius 2 is 1.88 bits per heavy atom. The Hall–Kier alpha value is -3.15. The molecule has 0 saturated carbocycles. The number of benzene rings is 2. The molecule has 1 atom stereocenters. The zero-order valence-electron chi connectivity index (χ0n) is 13.4. The third-order valence-electron chi connectivity index (χ3n) is 3.87. The van der Waals surface area contributed by atoms with Crippen LogP contribution in [0.25, 0.3) is 16.6 Å². The quantitative estimate of drug-likeness (QED) is 0.776. The van der Waals surface area contributed by atoms with E-state index in [-0.39, 0.29) is 5.56 Å². The van der Waals surface area contributed by atoms with Crippen molar-refractivity contribution in [3.8, 4) is 5.69 Å². The molecule has 24 heavy (non-hydrogen) atoms. The molecule has 0 spiro atoms. The number of carbonyl (C=O) groups is 1. The minimum Gasteiger partial charge on any atom is -0.465 e. The number of rotatable bonds is 3. The maximum atomic E-state index is 13.0. The molecule has 122 valence electrons. The van der Waals surface area contributed by atoms with Crippen LogP contribution in [0.2, 0.25) is 0 Å². The molecular formula is C18H17N3O3. The molecule has 0 aliphatic carbocycles. The molecule has 2 N–H and O–H groups in total. The zero-order chi connectivity index (χ0) is 17.3. The summed E-state index contributed by atoms with van der Waals surface area (Å²) in [6.45, 7) is 3.54. The summed E-state index contributed by atoms with van der Waals surface area (Å²) in [6, 6.07) is 13.9. The van der Waals surface area contributed by atoms with Gasteiger partial charge in [0.25, 0.3) is 5.56 Å². The van der Waals surface area contributed by atoms with Crippen molar-refractivity contribution in [2.24, 2.45) is 0 Å². The third-order valence-corrected chi connectivity index (χ3v) is 3.87. The summed E-state index contributed by atoms with van der Waals surface area (Å²) in [5, 5.41) is 11.9. The molecule has 3 aromatic rings. The Bertz CT molecular complexity index is 964. The monoisotopic (exact) mass is 323 g/mol. The molecule has 1 amide bonds. The van der Waals surface area contributed by atoms with Crippen LogP contribution < -0.4 is 10.9 Å². The minimum atomic E-state index is -1.17. The molecule has 2 aromatic carbocycles. The number of hydrogen-bond acceptors (Lipinski definition) is 3. The Labute approximate surface area is 138 Å². The number of nitrogens with one attached hydrogen (secondary N) is 1. The van der Waals surface area contributed by atoms with E-state index in [2.05, 4.69) is 10.3 Å². The molecular weight excluding hydrogens is 306 g/mol. The van der Waals surface area contributed by atoms with Crippen LogP contribution in [0.4, 0.5) is 4.79 Å². The van der Waals surface area contributed by atoms with Crippen LogP contribution in [0, 0.1) is 6.92 Å². The Kier molecular flexibility index (Phi) is 4.04. The van der Waals surface area contributed by atoms with Crippen molar-refractivity contribution in [1.82, 2.24) is 14.9 Å². The van der Waals surface area contributed by atoms with Gasteiger partial charge in [-0.2, -0.15) is 0 Å². The predicted molar refractivity (Wildman–Crippen MR) is 91.7 cm³/mol. The van der Waals surface area contributed by atoms with Gasteiger partial charge in [-0.05, 0) is 37.6 Å². The standard InChI is InChI=1S/C18H17N3O3/c1-11-7-6-10-14-15(11)20-16(12(2)19-18(23)24)21(17(14)22)13-8-4-3-5-9-13/h3-10,12,19H,1-2H3,(H,23,24). The number of aromatic nitrogens is 2. The van der Waals surface area contributed by atoms with Crippen molar-refractivity contribution >= 4 is 17.0 Å². The molecule has 0 radical (unpaired) electrons. The maximum Gasteiger partial charge on any atom is 0.405 e. The number of amides is 1. The van der Waals surface area contributed by atoms with Crippen LogP contribution in [0.5, 0.6) is 0 Å². The average Bonchev–Trinajstić information content (AvgIpc) is 2.55. The SMILES string of the molecule is Cc1cccc2c(=O)n(-c3ccccc3)c(C(C)NC(=O)O)nc12. The lowest BCUT2D eigenvalue weighted by atomic mass is 10.1. The van der Waals surface area contributed by atoms with E-state index in [1.54, 1.807) is 25.1 Å². The second kappa shape index (κ2) is 6.16. The highest BCUT2D eigenvalue weighted by Crippen LogP contribution is 2.19. The molecule has 6 heteroatoms. The third kappa shape index (κ3) is 2.74. The molecule has 0 fully saturated rings. The number of nitrogens with zero attached hydrogens (tertiary/aromatic N) is 2. The summed E-state index contributed by atoms with van der Waals surface area (Å²) < 4.78 is 1.46. The average molecular weight is 323 g/mol. The van der Waals surface area contributed by atoms with Gasteiger partial charge in [-0.15, -0.1) is 0 Å². The zero-order valence-corrected chi connectivity index (χ0v) is 13.4. The van der Waals surface area contributed by atoms with Crippen LogP contribution in [-0.4, -0.2) is 20.8 Å². The Balaban J connectivity index is 2.36. The van der Waals surface area contributed by atoms with E-state index in [1.165, 1.54) is 4.57 Å². The summed E-state index contributed by atoms with van der Waals surface area (Å²) >= 11 is 0. The lowest BCUT2D eigenvalue weighted by Gasteiger charge is -2.19. The molecule has 0 saturated heterocycles. The van der Waals surface area contributed by atoms with E-state index in [4.69, 9.17) is 5.11 Å². The lowest BCUT2D eigenvalue weighted by molar-refractivity contribution is 0.190. The van der Waals surface area contributed by atoms with Crippen LogP contribution >= 0.6 is 0 Å². The van der Waals surface area contributed by atoms with Crippen molar-refractivity contribution in [2.75, 3.05) is 0 Å². The first-order valence-electron chi connectivity index (χ1n) is 7.56. The Morgan fingerprint density at radius 1 is 1.17 bits per heavy atom. The fraction of sp³-hybridized carbons (Fsp3) is 0.167. The smallest absolute Gasteiger partial charge is 0.405 e. The highest BCUT2D eigenvalue weighted by atomic mass is 16.4. The van der Waals surface area contributed by atoms with Gasteiger partial charge in [-0.1, -0.05) is 30.3 Å². The van der Waals surface area contributed by atoms with E-state index in [1.807, 2.05) is 37.3 Å². The fourth-order valence-corrected chi connectivity index (χ4v) is 2.74. The van der Waals surface area contributed by atoms with Gasteiger partial charge >= 0.3 is 6.09 Å². The molecule has 0 aliphatic rings. The highest BCUT2D eigenvalue weighted by molar-refractivity contribution is 5.81. The second-order valence-electron chi connectivity index (χ2n) is 5.59. The van der Waals surface area contributed by atoms with Crippen LogP contribution in [0.3, 0.4) is 0 Å². The molecule has 1 heterocycles. The highest BCUT2D eigenvalue weighted by Gasteiger charge is 2.19. The van der Waals surface area contributed by atoms with Crippen molar-refractivity contribution in [3.05, 3.63) is 70.3 Å². The van der Waals surface area contributed by atoms with Crippen molar-refractivity contribution in [3.63, 3.8) is 0 Å². The van der Waals surface area contributed by atoms with Gasteiger partial charge < -0.3 is 10.4 Å². The van der Waals surface area contributed by atoms with E-state index >= 15 is 0 Å². The first-order chi connectivity index (χ1) is 11.5. The van der Waals surface area contributed by atoms with E-state index < -0.39 is 12.1 Å². The number of hydrogen-bond donors (Lipinski definition) is 2. The first-order valence-corrected chi connectivity index (χ1v) is 7.56. The summed E-state index contributed by atoms with van der Waals surface area (Å²) in [7, 11) is 0. The minimum absolute atomic E-state index is 0.219. The molecule has 6 nitrogen and oxygen atoms in total. The topological polar surface area (TPSA) is 84.2 Å². The molecule has 0 bridgehead atoms. The summed E-state index contributed by atoms with van der Waals surface area (Å²) in [5.74, 6) is 0.357. The van der Waals surface area contributed by atoms with Gasteiger partial charge in [0, 0.05) is 0 Å². The number of aryl methyl sites for hydroxylation is 1.